The summed E-state index contributed by atoms with van der Waals surface area (Å²) < 4.78 is 0. The molecule has 1 nitrogen and oxygen atoms in total. The lowest BCUT2D eigenvalue weighted by Gasteiger charge is -2.16. The molecular weight excluding hydrogens is 142 g/mol. The van der Waals surface area contributed by atoms with E-state index in [1.165, 1.54) is 0 Å². The van der Waals surface area contributed by atoms with Crippen LogP contribution in [0.1, 0.15) is 13.8 Å². The van der Waals surface area contributed by atoms with Crippen molar-refractivity contribution in [1.82, 2.24) is 5.32 Å². The molecule has 0 fully saturated rings. The molecule has 2 heteroatoms. The minimum absolute atomic E-state index is 0.400. The van der Waals surface area contributed by atoms with Gasteiger partial charge >= 0.3 is 0 Å². The Morgan fingerprint density at radius 1 is 1.60 bits per heavy atom. The topological polar surface area (TPSA) is 12.0 Å². The van der Waals surface area contributed by atoms with Gasteiger partial charge in [-0.3, -0.25) is 0 Å². The zero-order valence-corrected chi connectivity index (χ0v) is 7.66. The Morgan fingerprint density at radius 2 is 2.10 bits per heavy atom. The summed E-state index contributed by atoms with van der Waals surface area (Å²) in [5.74, 6) is 0.859. The molecule has 0 saturated heterocycles. The quantitative estimate of drug-likeness (QED) is 0.496. The van der Waals surface area contributed by atoms with Crippen LogP contribution in [-0.2, 0) is 0 Å². The van der Waals surface area contributed by atoms with Crippen molar-refractivity contribution in [3.63, 3.8) is 0 Å². The first-order chi connectivity index (χ1) is 4.63. The summed E-state index contributed by atoms with van der Waals surface area (Å²) in [4.78, 5) is 0.910. The maximum absolute atomic E-state index is 5.06. The fourth-order valence-corrected chi connectivity index (χ4v) is 0.885. The molecule has 0 amide bonds. The van der Waals surface area contributed by atoms with E-state index >= 15 is 0 Å². The molecule has 0 saturated carbocycles. The summed E-state index contributed by atoms with van der Waals surface area (Å²) in [5.41, 5.74) is 0. The second-order valence-electron chi connectivity index (χ2n) is 2.50. The van der Waals surface area contributed by atoms with Crippen LogP contribution in [0.3, 0.4) is 0 Å². The van der Waals surface area contributed by atoms with Crippen LogP contribution in [0.25, 0.3) is 0 Å². The summed E-state index contributed by atoms with van der Waals surface area (Å²) in [7, 11) is 1.86. The largest absolute Gasteiger partial charge is 0.382 e. The van der Waals surface area contributed by atoms with E-state index in [9.17, 15) is 0 Å². The maximum Gasteiger partial charge on any atom is 0.0785 e. The van der Waals surface area contributed by atoms with Crippen molar-refractivity contribution < 1.29 is 0 Å². The summed E-state index contributed by atoms with van der Waals surface area (Å²) >= 11 is 5.06. The average Bonchev–Trinajstić information content (AvgIpc) is 2.00. The first-order valence-electron chi connectivity index (χ1n) is 3.47. The Balaban J connectivity index is 3.93. The molecule has 0 aliphatic carbocycles. The number of nitrogens with one attached hydrogen (secondary N) is 1. The normalized spacial score (nSPS) is 15.5. The summed E-state index contributed by atoms with van der Waals surface area (Å²) in [6.45, 7) is 7.93. The van der Waals surface area contributed by atoms with E-state index in [1.54, 1.807) is 0 Å². The van der Waals surface area contributed by atoms with E-state index in [-0.39, 0.29) is 0 Å². The van der Waals surface area contributed by atoms with Gasteiger partial charge in [-0.15, -0.1) is 6.58 Å². The van der Waals surface area contributed by atoms with Crippen LogP contribution >= 0.6 is 12.2 Å². The van der Waals surface area contributed by atoms with Crippen LogP contribution in [0.15, 0.2) is 12.7 Å². The van der Waals surface area contributed by atoms with E-state index in [2.05, 4.69) is 25.7 Å². The van der Waals surface area contributed by atoms with Gasteiger partial charge < -0.3 is 5.32 Å². The second kappa shape index (κ2) is 4.45. The van der Waals surface area contributed by atoms with Gasteiger partial charge in [0.2, 0.25) is 0 Å². The minimum atomic E-state index is 0.400. The highest BCUT2D eigenvalue weighted by Gasteiger charge is 2.11. The van der Waals surface area contributed by atoms with Crippen LogP contribution < -0.4 is 5.32 Å². The molecule has 1 N–H and O–H groups in total. The van der Waals surface area contributed by atoms with Gasteiger partial charge in [0.15, 0.2) is 0 Å². The van der Waals surface area contributed by atoms with Crippen molar-refractivity contribution in [2.24, 2.45) is 11.8 Å². The van der Waals surface area contributed by atoms with Crippen molar-refractivity contribution in [2.75, 3.05) is 7.05 Å². The van der Waals surface area contributed by atoms with Crippen LogP contribution in [0.5, 0.6) is 0 Å². The number of rotatable bonds is 3. The lowest BCUT2D eigenvalue weighted by atomic mass is 9.96. The molecule has 0 rings (SSSR count). The van der Waals surface area contributed by atoms with E-state index in [0.717, 1.165) is 4.99 Å². The molecule has 0 spiro atoms. The van der Waals surface area contributed by atoms with Gasteiger partial charge in [-0.2, -0.15) is 0 Å². The van der Waals surface area contributed by atoms with Gasteiger partial charge in [-0.1, -0.05) is 32.1 Å². The maximum atomic E-state index is 5.06. The third-order valence-electron chi connectivity index (χ3n) is 1.82. The van der Waals surface area contributed by atoms with Gasteiger partial charge in [0.25, 0.3) is 0 Å². The van der Waals surface area contributed by atoms with Crippen molar-refractivity contribution in [3.8, 4) is 0 Å². The fraction of sp³-hybridized carbons (Fsp3) is 0.625. The van der Waals surface area contributed by atoms with Crippen molar-refractivity contribution in [2.45, 2.75) is 13.8 Å². The number of allylic oxidation sites excluding steroid dienone is 1. The van der Waals surface area contributed by atoms with E-state index < -0.39 is 0 Å². The number of hydrogen-bond donors (Lipinski definition) is 1. The van der Waals surface area contributed by atoms with Crippen LogP contribution in [0.2, 0.25) is 0 Å². The molecule has 0 aliphatic rings. The van der Waals surface area contributed by atoms with Gasteiger partial charge in [0.1, 0.15) is 0 Å². The van der Waals surface area contributed by atoms with E-state index in [0.29, 0.717) is 11.8 Å². The molecule has 10 heavy (non-hydrogen) atoms. The molecule has 0 aromatic heterocycles. The van der Waals surface area contributed by atoms with Gasteiger partial charge in [0.05, 0.1) is 4.99 Å². The average molecular weight is 157 g/mol. The van der Waals surface area contributed by atoms with Crippen molar-refractivity contribution in [3.05, 3.63) is 12.7 Å². The lowest BCUT2D eigenvalue weighted by molar-refractivity contribution is 0.586. The summed E-state index contributed by atoms with van der Waals surface area (Å²) in [5, 5.41) is 2.96. The van der Waals surface area contributed by atoms with E-state index in [1.807, 2.05) is 13.1 Å². The van der Waals surface area contributed by atoms with Gasteiger partial charge in [0, 0.05) is 13.0 Å². The predicted molar refractivity (Wildman–Crippen MR) is 50.2 cm³/mol. The Bertz CT molecular complexity index is 131. The second-order valence-corrected chi connectivity index (χ2v) is 2.94. The first-order valence-corrected chi connectivity index (χ1v) is 3.88. The standard InChI is InChI=1S/C8H15NS/c1-5-6(2)7(3)8(10)9-4/h5-7H,1H2,2-4H3,(H,9,10). The van der Waals surface area contributed by atoms with E-state index in [4.69, 9.17) is 12.2 Å². The molecule has 0 aromatic rings. The highest BCUT2D eigenvalue weighted by Crippen LogP contribution is 2.11. The molecular formula is C8H15NS. The fourth-order valence-electron chi connectivity index (χ4n) is 0.671. The third kappa shape index (κ3) is 2.48. The Labute approximate surface area is 68.5 Å². The first kappa shape index (κ1) is 9.63. The van der Waals surface area contributed by atoms with Gasteiger partial charge in [-0.25, -0.2) is 0 Å². The zero-order chi connectivity index (χ0) is 8.15. The van der Waals surface area contributed by atoms with Crippen LogP contribution in [0, 0.1) is 11.8 Å². The molecule has 58 valence electrons. The zero-order valence-electron chi connectivity index (χ0n) is 6.85. The smallest absolute Gasteiger partial charge is 0.0785 e. The summed E-state index contributed by atoms with van der Waals surface area (Å²) in [6.07, 6.45) is 1.92. The number of thiocarbonyl (C=S) groups is 1. The van der Waals surface area contributed by atoms with Crippen molar-refractivity contribution >= 4 is 17.2 Å². The molecule has 0 bridgehead atoms. The van der Waals surface area contributed by atoms with Crippen LogP contribution in [0.4, 0.5) is 0 Å². The number of hydrogen-bond acceptors (Lipinski definition) is 1. The predicted octanol–water partition coefficient (Wildman–Crippen LogP) is 1.99. The summed E-state index contributed by atoms with van der Waals surface area (Å²) in [6, 6.07) is 0. The molecule has 0 radical (unpaired) electrons. The Kier molecular flexibility index (Phi) is 4.28. The lowest BCUT2D eigenvalue weighted by Crippen LogP contribution is -2.26. The SMILES string of the molecule is C=CC(C)C(C)C(=S)NC. The molecule has 2 unspecified atom stereocenters. The van der Waals surface area contributed by atoms with Gasteiger partial charge in [-0.05, 0) is 5.92 Å². The minimum Gasteiger partial charge on any atom is -0.382 e. The molecule has 0 aromatic carbocycles. The Morgan fingerprint density at radius 3 is 2.40 bits per heavy atom. The molecule has 0 heterocycles. The van der Waals surface area contributed by atoms with Crippen molar-refractivity contribution in [1.29, 1.82) is 0 Å². The molecule has 0 aliphatic heterocycles. The highest BCUT2D eigenvalue weighted by molar-refractivity contribution is 7.80. The third-order valence-corrected chi connectivity index (χ3v) is 2.40. The molecule has 2 atom stereocenters. The monoisotopic (exact) mass is 157 g/mol. The van der Waals surface area contributed by atoms with Crippen LogP contribution in [-0.4, -0.2) is 12.0 Å². The highest BCUT2D eigenvalue weighted by atomic mass is 32.1. The Hall–Kier alpha value is -0.370.